The zero-order valence-corrected chi connectivity index (χ0v) is 15.3. The molecule has 0 aromatic heterocycles. The maximum absolute atomic E-state index is 12.8. The Labute approximate surface area is 148 Å². The number of hydrogen-bond donors (Lipinski definition) is 2. The van der Waals surface area contributed by atoms with Gasteiger partial charge in [-0.2, -0.15) is 0 Å². The second kappa shape index (κ2) is 4.44. The minimum absolute atomic E-state index is 0.0285. The molecule has 3 aliphatic heterocycles. The van der Waals surface area contributed by atoms with Crippen LogP contribution in [0.15, 0.2) is 41.2 Å². The quantitative estimate of drug-likeness (QED) is 0.825. The van der Waals surface area contributed by atoms with Gasteiger partial charge in [0.25, 0.3) is 0 Å². The molecule has 1 saturated carbocycles. The zero-order valence-electron chi connectivity index (χ0n) is 15.3. The van der Waals surface area contributed by atoms with Crippen molar-refractivity contribution in [2.75, 3.05) is 13.1 Å². The molecule has 25 heavy (non-hydrogen) atoms. The Hall–Kier alpha value is -1.88. The Morgan fingerprint density at radius 2 is 2.04 bits per heavy atom. The van der Waals surface area contributed by atoms with E-state index in [0.29, 0.717) is 11.8 Å². The summed E-state index contributed by atoms with van der Waals surface area (Å²) in [6.45, 7) is 10.6. The monoisotopic (exact) mass is 338 g/mol. The standard InChI is InChI=1S/C20H26N4O/c1-18(2,23-16(25)15-13-10-21-11-14(13)15)17-22-9-12-5-6-19(3)7-8-24(17)20(12,19)4/h5-9,13-15,21H,10-11H2,1-4H3,(H,23,25)/t13-,14+,15?,19?,20?. The number of aliphatic imine (C=N–C) groups is 1. The highest BCUT2D eigenvalue weighted by molar-refractivity contribution is 5.99. The molecule has 0 bridgehead atoms. The minimum Gasteiger partial charge on any atom is -0.344 e. The highest BCUT2D eigenvalue weighted by Gasteiger charge is 2.60. The highest BCUT2D eigenvalue weighted by Crippen LogP contribution is 2.55. The van der Waals surface area contributed by atoms with Crippen LogP contribution in [-0.4, -0.2) is 40.8 Å². The summed E-state index contributed by atoms with van der Waals surface area (Å²) < 4.78 is 0. The summed E-state index contributed by atoms with van der Waals surface area (Å²) in [6, 6.07) is 0. The Morgan fingerprint density at radius 3 is 2.76 bits per heavy atom. The zero-order chi connectivity index (χ0) is 17.6. The van der Waals surface area contributed by atoms with Gasteiger partial charge in [0.1, 0.15) is 5.84 Å². The van der Waals surface area contributed by atoms with Crippen molar-refractivity contribution >= 4 is 11.7 Å². The molecule has 3 heterocycles. The van der Waals surface area contributed by atoms with E-state index in [4.69, 9.17) is 4.99 Å². The largest absolute Gasteiger partial charge is 0.344 e. The molecule has 5 aliphatic rings. The van der Waals surface area contributed by atoms with Gasteiger partial charge in [0, 0.05) is 23.7 Å². The molecule has 5 rings (SSSR count). The van der Waals surface area contributed by atoms with E-state index in [9.17, 15) is 4.79 Å². The fourth-order valence-corrected chi connectivity index (χ4v) is 5.25. The van der Waals surface area contributed by atoms with Crippen molar-refractivity contribution in [2.24, 2.45) is 28.2 Å². The first-order valence-electron chi connectivity index (χ1n) is 9.27. The molecule has 0 aromatic rings. The maximum atomic E-state index is 12.8. The smallest absolute Gasteiger partial charge is 0.224 e. The predicted octanol–water partition coefficient (Wildman–Crippen LogP) is 1.81. The van der Waals surface area contributed by atoms with Crippen LogP contribution in [0.1, 0.15) is 27.7 Å². The molecule has 5 nitrogen and oxygen atoms in total. The Morgan fingerprint density at radius 1 is 1.32 bits per heavy atom. The third-order valence-electron chi connectivity index (χ3n) is 7.22. The van der Waals surface area contributed by atoms with Gasteiger partial charge in [0.05, 0.1) is 11.1 Å². The molecule has 2 fully saturated rings. The Balaban J connectivity index is 1.42. The number of nitrogens with one attached hydrogen (secondary N) is 2. The first kappa shape index (κ1) is 15.4. The number of nitrogens with zero attached hydrogens (tertiary/aromatic N) is 2. The lowest BCUT2D eigenvalue weighted by atomic mass is 9.73. The molecule has 3 unspecified atom stereocenters. The number of amidine groups is 1. The molecular formula is C20H26N4O. The second-order valence-corrected chi connectivity index (χ2v) is 9.04. The average Bonchev–Trinajstić information content (AvgIpc) is 2.80. The van der Waals surface area contributed by atoms with Crippen molar-refractivity contribution in [1.82, 2.24) is 15.5 Å². The van der Waals surface area contributed by atoms with Crippen molar-refractivity contribution in [3.05, 3.63) is 36.2 Å². The SMILES string of the molecule is CC(C)(NC(=O)C1[C@H]2CNC[C@@H]12)C1=NC=C2C=CC3(C)C=CN1C23C. The second-order valence-electron chi connectivity index (χ2n) is 9.04. The fraction of sp³-hybridized carbons (Fsp3) is 0.600. The van der Waals surface area contributed by atoms with Crippen LogP contribution in [0.3, 0.4) is 0 Å². The number of carbonyl (C=O) groups is 1. The summed E-state index contributed by atoms with van der Waals surface area (Å²) in [5.41, 5.74) is 0.546. The number of rotatable bonds is 3. The third kappa shape index (κ3) is 1.77. The summed E-state index contributed by atoms with van der Waals surface area (Å²) in [4.78, 5) is 19.8. The van der Waals surface area contributed by atoms with Crippen LogP contribution < -0.4 is 10.6 Å². The fourth-order valence-electron chi connectivity index (χ4n) is 5.25. The van der Waals surface area contributed by atoms with E-state index in [0.717, 1.165) is 18.9 Å². The number of hydrogen-bond acceptors (Lipinski definition) is 4. The summed E-state index contributed by atoms with van der Waals surface area (Å²) in [7, 11) is 0. The van der Waals surface area contributed by atoms with Gasteiger partial charge in [-0.3, -0.25) is 4.79 Å². The number of piperidine rings is 1. The number of amides is 1. The van der Waals surface area contributed by atoms with Gasteiger partial charge in [-0.05, 0) is 58.2 Å². The highest BCUT2D eigenvalue weighted by atomic mass is 16.2. The molecule has 2 N–H and O–H groups in total. The van der Waals surface area contributed by atoms with Gasteiger partial charge in [-0.15, -0.1) is 0 Å². The van der Waals surface area contributed by atoms with Crippen molar-refractivity contribution in [3.8, 4) is 0 Å². The Bertz CT molecular complexity index is 782. The van der Waals surface area contributed by atoms with Gasteiger partial charge in [-0.1, -0.05) is 18.2 Å². The molecule has 132 valence electrons. The van der Waals surface area contributed by atoms with E-state index < -0.39 is 5.54 Å². The van der Waals surface area contributed by atoms with Crippen LogP contribution in [0, 0.1) is 23.2 Å². The van der Waals surface area contributed by atoms with Gasteiger partial charge >= 0.3 is 0 Å². The lowest BCUT2D eigenvalue weighted by Crippen LogP contribution is -2.62. The van der Waals surface area contributed by atoms with Gasteiger partial charge in [-0.25, -0.2) is 4.99 Å². The van der Waals surface area contributed by atoms with Crippen molar-refractivity contribution in [2.45, 2.75) is 38.8 Å². The average molecular weight is 338 g/mol. The van der Waals surface area contributed by atoms with E-state index in [2.05, 4.69) is 67.7 Å². The first-order valence-corrected chi connectivity index (χ1v) is 9.27. The van der Waals surface area contributed by atoms with Crippen LogP contribution in [0.5, 0.6) is 0 Å². The number of fused-ring (bicyclic) bond motifs is 1. The summed E-state index contributed by atoms with van der Waals surface area (Å²) in [5.74, 6) is 2.34. The van der Waals surface area contributed by atoms with E-state index in [-0.39, 0.29) is 22.8 Å². The first-order chi connectivity index (χ1) is 11.8. The molecule has 2 aliphatic carbocycles. The third-order valence-corrected chi connectivity index (χ3v) is 7.22. The maximum Gasteiger partial charge on any atom is 0.224 e. The van der Waals surface area contributed by atoms with Crippen molar-refractivity contribution in [1.29, 1.82) is 0 Å². The molecular weight excluding hydrogens is 312 g/mol. The van der Waals surface area contributed by atoms with Crippen LogP contribution in [0.25, 0.3) is 0 Å². The molecule has 0 radical (unpaired) electrons. The normalized spacial score (nSPS) is 42.9. The van der Waals surface area contributed by atoms with E-state index >= 15 is 0 Å². The predicted molar refractivity (Wildman–Crippen MR) is 97.7 cm³/mol. The lowest BCUT2D eigenvalue weighted by Gasteiger charge is -2.48. The van der Waals surface area contributed by atoms with E-state index in [1.807, 2.05) is 6.20 Å². The molecule has 0 aromatic carbocycles. The van der Waals surface area contributed by atoms with Crippen molar-refractivity contribution in [3.63, 3.8) is 0 Å². The Kier molecular flexibility index (Phi) is 2.73. The topological polar surface area (TPSA) is 56.7 Å². The molecule has 1 saturated heterocycles. The van der Waals surface area contributed by atoms with Gasteiger partial charge in [0.2, 0.25) is 5.91 Å². The molecule has 1 amide bonds. The molecule has 5 atom stereocenters. The van der Waals surface area contributed by atoms with Crippen molar-refractivity contribution < 1.29 is 4.79 Å². The molecule has 5 heteroatoms. The van der Waals surface area contributed by atoms with Crippen LogP contribution >= 0.6 is 0 Å². The van der Waals surface area contributed by atoms with Gasteiger partial charge in [0.15, 0.2) is 0 Å². The summed E-state index contributed by atoms with van der Waals surface area (Å²) in [6.07, 6.45) is 10.8. The van der Waals surface area contributed by atoms with Crippen LogP contribution in [-0.2, 0) is 4.79 Å². The van der Waals surface area contributed by atoms with Crippen LogP contribution in [0.4, 0.5) is 0 Å². The van der Waals surface area contributed by atoms with Gasteiger partial charge < -0.3 is 15.5 Å². The summed E-state index contributed by atoms with van der Waals surface area (Å²) in [5, 5.41) is 6.64. The molecule has 0 spiro atoms. The van der Waals surface area contributed by atoms with E-state index in [1.165, 1.54) is 5.57 Å². The summed E-state index contributed by atoms with van der Waals surface area (Å²) >= 11 is 0. The van der Waals surface area contributed by atoms with Crippen LogP contribution in [0.2, 0.25) is 0 Å². The number of carbonyl (C=O) groups excluding carboxylic acids is 1. The van der Waals surface area contributed by atoms with E-state index in [1.54, 1.807) is 0 Å². The minimum atomic E-state index is -0.509. The lowest BCUT2D eigenvalue weighted by molar-refractivity contribution is -0.124.